The van der Waals surface area contributed by atoms with Crippen LogP contribution in [0.3, 0.4) is 0 Å². The molecule has 3 aromatic rings. The summed E-state index contributed by atoms with van der Waals surface area (Å²) in [5.74, 6) is 0.886. The van der Waals surface area contributed by atoms with Crippen LogP contribution in [0, 0.1) is 0 Å². The zero-order valence-electron chi connectivity index (χ0n) is 9.56. The monoisotopic (exact) mass is 274 g/mol. The molecule has 0 saturated heterocycles. The first kappa shape index (κ1) is 11.6. The highest BCUT2D eigenvalue weighted by molar-refractivity contribution is 7.98. The zero-order valence-corrected chi connectivity index (χ0v) is 11.1. The number of aromatic amines is 1. The second-order valence-corrected chi connectivity index (χ2v) is 5.37. The summed E-state index contributed by atoms with van der Waals surface area (Å²) in [5.41, 5.74) is 3.33. The molecule has 0 saturated carbocycles. The Hall–Kier alpha value is -1.45. The zero-order chi connectivity index (χ0) is 12.4. The van der Waals surface area contributed by atoms with E-state index in [1.807, 2.05) is 48.5 Å². The molecular formula is C14H11ClN2S. The highest BCUT2D eigenvalue weighted by Gasteiger charge is 2.02. The van der Waals surface area contributed by atoms with E-state index in [9.17, 15) is 0 Å². The minimum absolute atomic E-state index is 0.771. The fourth-order valence-corrected chi connectivity index (χ4v) is 2.70. The molecule has 18 heavy (non-hydrogen) atoms. The van der Waals surface area contributed by atoms with Crippen LogP contribution in [0.2, 0.25) is 5.02 Å². The van der Waals surface area contributed by atoms with Gasteiger partial charge in [-0.2, -0.15) is 0 Å². The van der Waals surface area contributed by atoms with E-state index in [4.69, 9.17) is 11.6 Å². The third kappa shape index (κ3) is 2.52. The molecule has 1 N–H and O–H groups in total. The Morgan fingerprint density at radius 2 is 1.83 bits per heavy atom. The summed E-state index contributed by atoms with van der Waals surface area (Å²) >= 11 is 7.55. The van der Waals surface area contributed by atoms with Crippen molar-refractivity contribution in [3.05, 3.63) is 59.1 Å². The summed E-state index contributed by atoms with van der Waals surface area (Å²) in [6.07, 6.45) is 0. The minimum atomic E-state index is 0.771. The van der Waals surface area contributed by atoms with E-state index in [0.29, 0.717) is 0 Å². The Balaban J connectivity index is 1.74. The number of halogens is 1. The van der Waals surface area contributed by atoms with Crippen LogP contribution in [0.4, 0.5) is 0 Å². The van der Waals surface area contributed by atoms with E-state index in [1.165, 1.54) is 5.56 Å². The van der Waals surface area contributed by atoms with Crippen LogP contribution in [-0.2, 0) is 5.75 Å². The first-order valence-corrected chi connectivity index (χ1v) is 6.99. The molecule has 3 rings (SSSR count). The van der Waals surface area contributed by atoms with Gasteiger partial charge in [0.1, 0.15) is 0 Å². The number of hydrogen-bond donors (Lipinski definition) is 1. The molecule has 2 aromatic carbocycles. The number of benzene rings is 2. The maximum atomic E-state index is 5.86. The molecule has 0 aliphatic heterocycles. The van der Waals surface area contributed by atoms with Gasteiger partial charge in [0.15, 0.2) is 5.16 Å². The van der Waals surface area contributed by atoms with Crippen LogP contribution in [0.25, 0.3) is 11.0 Å². The van der Waals surface area contributed by atoms with Crippen molar-refractivity contribution in [1.29, 1.82) is 0 Å². The Bertz CT molecular complexity index is 628. The van der Waals surface area contributed by atoms with Gasteiger partial charge in [0, 0.05) is 10.8 Å². The number of rotatable bonds is 3. The number of hydrogen-bond acceptors (Lipinski definition) is 2. The van der Waals surface area contributed by atoms with Gasteiger partial charge >= 0.3 is 0 Å². The van der Waals surface area contributed by atoms with Crippen LogP contribution in [0.15, 0.2) is 53.7 Å². The molecular weight excluding hydrogens is 264 g/mol. The van der Waals surface area contributed by atoms with E-state index < -0.39 is 0 Å². The summed E-state index contributed by atoms with van der Waals surface area (Å²) in [6, 6.07) is 16.0. The van der Waals surface area contributed by atoms with Gasteiger partial charge in [-0.25, -0.2) is 4.98 Å². The molecule has 90 valence electrons. The van der Waals surface area contributed by atoms with Crippen molar-refractivity contribution in [3.63, 3.8) is 0 Å². The quantitative estimate of drug-likeness (QED) is 0.712. The number of thioether (sulfide) groups is 1. The van der Waals surface area contributed by atoms with E-state index in [1.54, 1.807) is 11.8 Å². The van der Waals surface area contributed by atoms with Crippen molar-refractivity contribution >= 4 is 34.4 Å². The van der Waals surface area contributed by atoms with Crippen molar-refractivity contribution in [3.8, 4) is 0 Å². The average molecular weight is 275 g/mol. The summed E-state index contributed by atoms with van der Waals surface area (Å²) in [4.78, 5) is 7.83. The number of aromatic nitrogens is 2. The molecule has 0 aliphatic carbocycles. The van der Waals surface area contributed by atoms with Crippen molar-refractivity contribution in [2.75, 3.05) is 0 Å². The SMILES string of the molecule is Clc1ccc(CSc2nc3ccccc3[nH]2)cc1. The molecule has 0 fully saturated rings. The number of nitrogens with one attached hydrogen (secondary N) is 1. The van der Waals surface area contributed by atoms with Crippen molar-refractivity contribution in [1.82, 2.24) is 9.97 Å². The van der Waals surface area contributed by atoms with Gasteiger partial charge in [-0.05, 0) is 29.8 Å². The van der Waals surface area contributed by atoms with Crippen molar-refractivity contribution < 1.29 is 0 Å². The lowest BCUT2D eigenvalue weighted by molar-refractivity contribution is 1.08. The van der Waals surface area contributed by atoms with Crippen molar-refractivity contribution in [2.45, 2.75) is 10.9 Å². The summed E-state index contributed by atoms with van der Waals surface area (Å²) in [5, 5.41) is 1.72. The largest absolute Gasteiger partial charge is 0.333 e. The molecule has 0 bridgehead atoms. The molecule has 0 unspecified atom stereocenters. The first-order chi connectivity index (χ1) is 8.81. The predicted molar refractivity (Wildman–Crippen MR) is 77.1 cm³/mol. The van der Waals surface area contributed by atoms with E-state index >= 15 is 0 Å². The summed E-state index contributed by atoms with van der Waals surface area (Å²) < 4.78 is 0. The minimum Gasteiger partial charge on any atom is -0.333 e. The smallest absolute Gasteiger partial charge is 0.166 e. The third-order valence-electron chi connectivity index (χ3n) is 2.66. The lowest BCUT2D eigenvalue weighted by Crippen LogP contribution is -1.81. The fraction of sp³-hybridized carbons (Fsp3) is 0.0714. The number of nitrogens with zero attached hydrogens (tertiary/aromatic N) is 1. The number of fused-ring (bicyclic) bond motifs is 1. The Kier molecular flexibility index (Phi) is 3.26. The molecule has 0 spiro atoms. The topological polar surface area (TPSA) is 28.7 Å². The van der Waals surface area contributed by atoms with Crippen LogP contribution >= 0.6 is 23.4 Å². The molecule has 4 heteroatoms. The number of H-pyrrole nitrogens is 1. The maximum absolute atomic E-state index is 5.86. The summed E-state index contributed by atoms with van der Waals surface area (Å²) in [7, 11) is 0. The molecule has 0 aliphatic rings. The standard InChI is InChI=1S/C14H11ClN2S/c15-11-7-5-10(6-8-11)9-18-14-16-12-3-1-2-4-13(12)17-14/h1-8H,9H2,(H,16,17). The van der Waals surface area contributed by atoms with Gasteiger partial charge in [-0.15, -0.1) is 0 Å². The van der Waals surface area contributed by atoms with Crippen LogP contribution in [-0.4, -0.2) is 9.97 Å². The molecule has 1 heterocycles. The van der Waals surface area contributed by atoms with Crippen molar-refractivity contribution in [2.24, 2.45) is 0 Å². The van der Waals surface area contributed by atoms with Gasteiger partial charge in [0.2, 0.25) is 0 Å². The Morgan fingerprint density at radius 1 is 1.06 bits per heavy atom. The second kappa shape index (κ2) is 5.04. The summed E-state index contributed by atoms with van der Waals surface area (Å²) in [6.45, 7) is 0. The first-order valence-electron chi connectivity index (χ1n) is 5.63. The van der Waals surface area contributed by atoms with Gasteiger partial charge in [-0.1, -0.05) is 47.6 Å². The maximum Gasteiger partial charge on any atom is 0.166 e. The molecule has 0 atom stereocenters. The lowest BCUT2D eigenvalue weighted by Gasteiger charge is -1.98. The number of para-hydroxylation sites is 2. The fourth-order valence-electron chi connectivity index (χ4n) is 1.73. The van der Waals surface area contributed by atoms with Gasteiger partial charge in [0.25, 0.3) is 0 Å². The number of imidazole rings is 1. The Labute approximate surface area is 114 Å². The van der Waals surface area contributed by atoms with Crippen LogP contribution < -0.4 is 0 Å². The van der Waals surface area contributed by atoms with E-state index in [2.05, 4.69) is 9.97 Å². The van der Waals surface area contributed by atoms with Gasteiger partial charge in [0.05, 0.1) is 11.0 Å². The normalized spacial score (nSPS) is 10.9. The lowest BCUT2D eigenvalue weighted by atomic mass is 10.2. The van der Waals surface area contributed by atoms with E-state index in [0.717, 1.165) is 27.0 Å². The molecule has 1 aromatic heterocycles. The van der Waals surface area contributed by atoms with Crippen LogP contribution in [0.5, 0.6) is 0 Å². The van der Waals surface area contributed by atoms with Gasteiger partial charge < -0.3 is 4.98 Å². The molecule has 0 amide bonds. The second-order valence-electron chi connectivity index (χ2n) is 3.97. The van der Waals surface area contributed by atoms with Gasteiger partial charge in [-0.3, -0.25) is 0 Å². The highest BCUT2D eigenvalue weighted by Crippen LogP contribution is 2.23. The molecule has 0 radical (unpaired) electrons. The van der Waals surface area contributed by atoms with Crippen LogP contribution in [0.1, 0.15) is 5.56 Å². The molecule has 2 nitrogen and oxygen atoms in total. The Morgan fingerprint density at radius 3 is 2.61 bits per heavy atom. The van der Waals surface area contributed by atoms with E-state index in [-0.39, 0.29) is 0 Å². The average Bonchev–Trinajstić information content (AvgIpc) is 2.81. The highest BCUT2D eigenvalue weighted by atomic mass is 35.5. The predicted octanol–water partition coefficient (Wildman–Crippen LogP) is 4.51. The third-order valence-corrected chi connectivity index (χ3v) is 3.85.